The lowest BCUT2D eigenvalue weighted by Gasteiger charge is -2.01. The Morgan fingerprint density at radius 2 is 2.27 bits per heavy atom. The van der Waals surface area contributed by atoms with Gasteiger partial charge in [0.1, 0.15) is 5.75 Å². The summed E-state index contributed by atoms with van der Waals surface area (Å²) in [6.07, 6.45) is 0. The normalized spacial score (nSPS) is 9.64. The molecule has 0 aliphatic rings. The van der Waals surface area contributed by atoms with Crippen LogP contribution in [-0.2, 0) is 0 Å². The van der Waals surface area contributed by atoms with E-state index in [0.717, 1.165) is 11.5 Å². The fourth-order valence-corrected chi connectivity index (χ4v) is 1.57. The van der Waals surface area contributed by atoms with Gasteiger partial charge in [0.15, 0.2) is 0 Å². The fraction of sp³-hybridized carbons (Fsp3) is 0.333. The SMILES string of the molecule is CCSc1cccc(OC)c1. The monoisotopic (exact) mass is 168 g/mol. The van der Waals surface area contributed by atoms with Crippen LogP contribution < -0.4 is 4.74 Å². The van der Waals surface area contributed by atoms with Crippen molar-refractivity contribution >= 4 is 11.8 Å². The molecule has 1 nitrogen and oxygen atoms in total. The third kappa shape index (κ3) is 2.46. The summed E-state index contributed by atoms with van der Waals surface area (Å²) in [5.74, 6) is 2.04. The average Bonchev–Trinajstić information content (AvgIpc) is 2.06. The van der Waals surface area contributed by atoms with Crippen molar-refractivity contribution < 1.29 is 4.74 Å². The van der Waals surface area contributed by atoms with Crippen LogP contribution in [0.1, 0.15) is 6.92 Å². The molecule has 0 spiro atoms. The van der Waals surface area contributed by atoms with Crippen molar-refractivity contribution in [2.75, 3.05) is 12.9 Å². The second-order valence-corrected chi connectivity index (χ2v) is 3.45. The van der Waals surface area contributed by atoms with Gasteiger partial charge in [0.2, 0.25) is 0 Å². The summed E-state index contributed by atoms with van der Waals surface area (Å²) < 4.78 is 5.09. The second-order valence-electron chi connectivity index (χ2n) is 2.11. The molecule has 1 aromatic rings. The maximum absolute atomic E-state index is 5.09. The summed E-state index contributed by atoms with van der Waals surface area (Å²) in [6.45, 7) is 2.14. The molecule has 0 atom stereocenters. The summed E-state index contributed by atoms with van der Waals surface area (Å²) in [6, 6.07) is 8.11. The average molecular weight is 168 g/mol. The van der Waals surface area contributed by atoms with Crippen molar-refractivity contribution in [2.45, 2.75) is 11.8 Å². The van der Waals surface area contributed by atoms with E-state index in [9.17, 15) is 0 Å². The molecule has 0 heterocycles. The van der Waals surface area contributed by atoms with Crippen LogP contribution in [0, 0.1) is 0 Å². The van der Waals surface area contributed by atoms with Crippen LogP contribution in [0.4, 0.5) is 0 Å². The van der Waals surface area contributed by atoms with Gasteiger partial charge in [0.05, 0.1) is 7.11 Å². The molecule has 0 aliphatic heterocycles. The van der Waals surface area contributed by atoms with E-state index < -0.39 is 0 Å². The third-order valence-electron chi connectivity index (χ3n) is 1.35. The molecule has 0 unspecified atom stereocenters. The lowest BCUT2D eigenvalue weighted by Crippen LogP contribution is -1.81. The van der Waals surface area contributed by atoms with Gasteiger partial charge in [-0.05, 0) is 24.0 Å². The van der Waals surface area contributed by atoms with Gasteiger partial charge in [0, 0.05) is 4.90 Å². The molecule has 0 saturated carbocycles. The summed E-state index contributed by atoms with van der Waals surface area (Å²) in [5, 5.41) is 0. The minimum absolute atomic E-state index is 0.934. The van der Waals surface area contributed by atoms with Crippen molar-refractivity contribution in [3.8, 4) is 5.75 Å². The third-order valence-corrected chi connectivity index (χ3v) is 2.23. The van der Waals surface area contributed by atoms with Crippen LogP contribution in [0.15, 0.2) is 29.2 Å². The first kappa shape index (κ1) is 8.47. The Labute approximate surface area is 71.8 Å². The molecular weight excluding hydrogens is 156 g/mol. The highest BCUT2D eigenvalue weighted by Crippen LogP contribution is 2.21. The van der Waals surface area contributed by atoms with Gasteiger partial charge in [-0.1, -0.05) is 13.0 Å². The molecule has 0 amide bonds. The van der Waals surface area contributed by atoms with Crippen LogP contribution >= 0.6 is 11.8 Å². The lowest BCUT2D eigenvalue weighted by atomic mass is 10.3. The fourth-order valence-electron chi connectivity index (χ4n) is 0.858. The molecule has 11 heavy (non-hydrogen) atoms. The van der Waals surface area contributed by atoms with Crippen LogP contribution in [0.5, 0.6) is 5.75 Å². The Balaban J connectivity index is 2.74. The van der Waals surface area contributed by atoms with E-state index >= 15 is 0 Å². The Morgan fingerprint density at radius 3 is 2.91 bits per heavy atom. The number of hydrogen-bond acceptors (Lipinski definition) is 2. The number of benzene rings is 1. The van der Waals surface area contributed by atoms with Crippen LogP contribution in [0.25, 0.3) is 0 Å². The molecule has 0 N–H and O–H groups in total. The highest BCUT2D eigenvalue weighted by molar-refractivity contribution is 7.99. The van der Waals surface area contributed by atoms with Gasteiger partial charge in [-0.3, -0.25) is 0 Å². The summed E-state index contributed by atoms with van der Waals surface area (Å²) in [5.41, 5.74) is 0. The number of methoxy groups -OCH3 is 1. The number of thioether (sulfide) groups is 1. The number of ether oxygens (including phenoxy) is 1. The number of hydrogen-bond donors (Lipinski definition) is 0. The molecule has 2 heteroatoms. The smallest absolute Gasteiger partial charge is 0.119 e. The molecule has 1 aromatic carbocycles. The summed E-state index contributed by atoms with van der Waals surface area (Å²) >= 11 is 1.82. The molecule has 0 saturated heterocycles. The van der Waals surface area contributed by atoms with Crippen molar-refractivity contribution in [3.63, 3.8) is 0 Å². The maximum Gasteiger partial charge on any atom is 0.119 e. The van der Waals surface area contributed by atoms with E-state index in [1.165, 1.54) is 4.90 Å². The van der Waals surface area contributed by atoms with Crippen LogP contribution in [-0.4, -0.2) is 12.9 Å². The predicted molar refractivity (Wildman–Crippen MR) is 49.4 cm³/mol. The van der Waals surface area contributed by atoms with Gasteiger partial charge in [-0.2, -0.15) is 0 Å². The van der Waals surface area contributed by atoms with Gasteiger partial charge < -0.3 is 4.74 Å². The van der Waals surface area contributed by atoms with Crippen LogP contribution in [0.3, 0.4) is 0 Å². The minimum Gasteiger partial charge on any atom is -0.497 e. The first-order valence-electron chi connectivity index (χ1n) is 3.63. The zero-order valence-corrected chi connectivity index (χ0v) is 7.65. The van der Waals surface area contributed by atoms with Crippen molar-refractivity contribution in [3.05, 3.63) is 24.3 Å². The zero-order valence-electron chi connectivity index (χ0n) is 6.83. The Kier molecular flexibility index (Phi) is 3.30. The largest absolute Gasteiger partial charge is 0.497 e. The number of rotatable bonds is 3. The van der Waals surface area contributed by atoms with E-state index in [1.807, 2.05) is 30.0 Å². The predicted octanol–water partition coefficient (Wildman–Crippen LogP) is 2.81. The first-order valence-corrected chi connectivity index (χ1v) is 4.62. The summed E-state index contributed by atoms with van der Waals surface area (Å²) in [4.78, 5) is 1.27. The molecular formula is C9H12OS. The second kappa shape index (κ2) is 4.29. The molecule has 0 bridgehead atoms. The van der Waals surface area contributed by atoms with Crippen molar-refractivity contribution in [1.82, 2.24) is 0 Å². The Hall–Kier alpha value is -0.630. The topological polar surface area (TPSA) is 9.23 Å². The van der Waals surface area contributed by atoms with Gasteiger partial charge in [-0.15, -0.1) is 11.8 Å². The molecule has 0 aromatic heterocycles. The highest BCUT2D eigenvalue weighted by Gasteiger charge is 1.93. The summed E-state index contributed by atoms with van der Waals surface area (Å²) in [7, 11) is 1.69. The quantitative estimate of drug-likeness (QED) is 0.642. The molecule has 60 valence electrons. The van der Waals surface area contributed by atoms with Gasteiger partial charge in [0.25, 0.3) is 0 Å². The molecule has 0 aliphatic carbocycles. The first-order chi connectivity index (χ1) is 5.36. The Morgan fingerprint density at radius 1 is 1.45 bits per heavy atom. The van der Waals surface area contributed by atoms with Gasteiger partial charge in [-0.25, -0.2) is 0 Å². The molecule has 1 rings (SSSR count). The highest BCUT2D eigenvalue weighted by atomic mass is 32.2. The zero-order chi connectivity index (χ0) is 8.10. The van der Waals surface area contributed by atoms with Crippen LogP contribution in [0.2, 0.25) is 0 Å². The van der Waals surface area contributed by atoms with E-state index in [0.29, 0.717) is 0 Å². The standard InChI is InChI=1S/C9H12OS/c1-3-11-9-6-4-5-8(7-9)10-2/h4-7H,3H2,1-2H3. The van der Waals surface area contributed by atoms with Crippen molar-refractivity contribution in [1.29, 1.82) is 0 Å². The van der Waals surface area contributed by atoms with E-state index in [2.05, 4.69) is 13.0 Å². The van der Waals surface area contributed by atoms with Gasteiger partial charge >= 0.3 is 0 Å². The maximum atomic E-state index is 5.09. The van der Waals surface area contributed by atoms with E-state index in [1.54, 1.807) is 7.11 Å². The minimum atomic E-state index is 0.934. The molecule has 0 radical (unpaired) electrons. The molecule has 0 fully saturated rings. The lowest BCUT2D eigenvalue weighted by molar-refractivity contribution is 0.413. The van der Waals surface area contributed by atoms with E-state index in [-0.39, 0.29) is 0 Å². The van der Waals surface area contributed by atoms with E-state index in [4.69, 9.17) is 4.74 Å². The Bertz CT molecular complexity index is 223. The van der Waals surface area contributed by atoms with Crippen molar-refractivity contribution in [2.24, 2.45) is 0 Å².